The van der Waals surface area contributed by atoms with Crippen LogP contribution in [0.2, 0.25) is 0 Å². The van der Waals surface area contributed by atoms with Crippen LogP contribution in [0.1, 0.15) is 205 Å². The number of carbonyl (C=O) groups is 1. The van der Waals surface area contributed by atoms with Gasteiger partial charge in [0.2, 0.25) is 17.8 Å². The number of oxazole rings is 3. The molecule has 0 bridgehead atoms. The number of halogens is 3. The average molecular weight is 1510 g/mol. The molecule has 559 valence electrons. The molecule has 0 amide bonds. The molecule has 2 atom stereocenters. The van der Waals surface area contributed by atoms with Crippen molar-refractivity contribution >= 4 is 38.5 Å². The van der Waals surface area contributed by atoms with Gasteiger partial charge in [-0.3, -0.25) is 9.78 Å². The maximum absolute atomic E-state index is 13.8. The molecule has 23 heteroatoms. The second kappa shape index (κ2) is 33.7. The Bertz CT molecular complexity index is 5130. The number of pyridine rings is 6. The van der Waals surface area contributed by atoms with E-state index in [1.807, 2.05) is 66.9 Å². The summed E-state index contributed by atoms with van der Waals surface area (Å²) >= 11 is -1.44. The van der Waals surface area contributed by atoms with Crippen molar-refractivity contribution in [1.29, 1.82) is 0 Å². The van der Waals surface area contributed by atoms with E-state index in [0.717, 1.165) is 147 Å². The molecule has 2 N–H and O–H groups in total. The number of ether oxygens (including phenoxy) is 1. The molecule has 1 aliphatic heterocycles. The Morgan fingerprint density at radius 2 is 0.807 bits per heavy atom. The average Bonchev–Trinajstić information content (AvgIpc) is 1.72. The Kier molecular flexibility index (Phi) is 24.2. The third kappa shape index (κ3) is 17.6. The van der Waals surface area contributed by atoms with Gasteiger partial charge in [-0.15, -0.1) is 0 Å². The van der Waals surface area contributed by atoms with Crippen molar-refractivity contribution in [2.45, 2.75) is 187 Å². The summed E-state index contributed by atoms with van der Waals surface area (Å²) in [4.78, 5) is 53.2. The number of fused-ring (bicyclic) bond motifs is 6. The summed E-state index contributed by atoms with van der Waals surface area (Å²) in [6.45, 7) is 11.2. The Labute approximate surface area is 648 Å². The van der Waals surface area contributed by atoms with Gasteiger partial charge in [-0.1, -0.05) is 103 Å². The summed E-state index contributed by atoms with van der Waals surface area (Å²) in [7, 11) is 0. The second-order valence-corrected chi connectivity index (χ2v) is 31.3. The Balaban J connectivity index is 0.000000135. The number of aliphatic hydroxyl groups is 1. The number of aryl methyl sites for hydroxylation is 3. The first-order valence-electron chi connectivity index (χ1n) is 37.7. The summed E-state index contributed by atoms with van der Waals surface area (Å²) < 4.78 is 81.9. The zero-order valence-electron chi connectivity index (χ0n) is 62.2. The van der Waals surface area contributed by atoms with Crippen LogP contribution < -0.4 is 18.9 Å². The summed E-state index contributed by atoms with van der Waals surface area (Å²) in [6, 6.07) is 32.9. The van der Waals surface area contributed by atoms with Crippen LogP contribution in [0.25, 0.3) is 100 Å². The number of nitrogens with zero attached hydrogens (tertiary/aromatic N) is 9. The van der Waals surface area contributed by atoms with Gasteiger partial charge in [0.1, 0.15) is 5.69 Å². The first kappa shape index (κ1) is 78.2. The number of hydrogen-bond acceptors (Lipinski definition) is 18. The number of benzene rings is 3. The van der Waals surface area contributed by atoms with Crippen LogP contribution in [0.3, 0.4) is 0 Å². The first-order chi connectivity index (χ1) is 51.8. The van der Waals surface area contributed by atoms with Gasteiger partial charge in [0.15, 0.2) is 40.7 Å². The van der Waals surface area contributed by atoms with Gasteiger partial charge in [0.05, 0.1) is 64.0 Å². The SMILES string of the molecule is C1CCOC1.CC1(Cc2ncc(-c3cc4c(nc3-c3ccc5ccc(F)nc5c3)C(=O)CC4)o2)CCCC1.CC1(Cc2ncc(-c3cc4c(nc3-c3ccc5ccc(F)nc5c3)C(O)CC4)o2)CCCC1.CC1CCc2cc(-c3cnc(CC4(C)CCCC4)o3)c(-c3ccc4ccc(F)nc4c3)nc21.[Li+].[OH-].[O]=[Mn]=[O]. The van der Waals surface area contributed by atoms with Gasteiger partial charge in [-0.2, -0.15) is 13.2 Å². The van der Waals surface area contributed by atoms with E-state index in [-0.39, 0.29) is 46.4 Å². The summed E-state index contributed by atoms with van der Waals surface area (Å²) in [5.41, 5.74) is 15.4. The molecule has 0 spiro atoms. The summed E-state index contributed by atoms with van der Waals surface area (Å²) in [6.07, 6.45) is 29.5. The van der Waals surface area contributed by atoms with E-state index in [1.54, 1.807) is 30.6 Å². The fourth-order valence-corrected chi connectivity index (χ4v) is 16.9. The molecule has 4 fully saturated rings. The molecule has 1 saturated heterocycles. The molecule has 3 aromatic carbocycles. The summed E-state index contributed by atoms with van der Waals surface area (Å²) in [5, 5.41) is 13.1. The van der Waals surface area contributed by atoms with Gasteiger partial charge in [0.25, 0.3) is 0 Å². The summed E-state index contributed by atoms with van der Waals surface area (Å²) in [5.74, 6) is 3.31. The molecule has 7 aliphatic rings. The van der Waals surface area contributed by atoms with Crippen molar-refractivity contribution in [3.05, 3.63) is 197 Å². The maximum atomic E-state index is 13.8. The van der Waals surface area contributed by atoms with E-state index in [2.05, 4.69) is 69.7 Å². The normalized spacial score (nSPS) is 18.1. The van der Waals surface area contributed by atoms with Crippen LogP contribution in [0.5, 0.6) is 0 Å². The second-order valence-electron chi connectivity index (χ2n) is 31.1. The Morgan fingerprint density at radius 3 is 1.20 bits per heavy atom. The minimum atomic E-state index is -1.44. The molecule has 109 heavy (non-hydrogen) atoms. The number of carbonyl (C=O) groups excluding carboxylic acids is 1. The molecule has 18 nitrogen and oxygen atoms in total. The van der Waals surface area contributed by atoms with E-state index >= 15 is 0 Å². The van der Waals surface area contributed by atoms with Crippen LogP contribution in [-0.2, 0) is 65.8 Å². The van der Waals surface area contributed by atoms with E-state index in [9.17, 15) is 23.1 Å². The van der Waals surface area contributed by atoms with Crippen LogP contribution in [0, 0.1) is 34.1 Å². The minimum absolute atomic E-state index is 0. The van der Waals surface area contributed by atoms with Crippen LogP contribution in [0.4, 0.5) is 13.2 Å². The predicted octanol–water partition coefficient (Wildman–Crippen LogP) is 17.2. The molecule has 19 rings (SSSR count). The van der Waals surface area contributed by atoms with Crippen molar-refractivity contribution in [3.63, 3.8) is 0 Å². The van der Waals surface area contributed by atoms with Gasteiger partial charge in [-0.05, 0) is 195 Å². The molecule has 10 heterocycles. The van der Waals surface area contributed by atoms with Crippen molar-refractivity contribution in [2.75, 3.05) is 13.2 Å². The molecule has 3 saturated carbocycles. The van der Waals surface area contributed by atoms with E-state index in [4.69, 9.17) is 40.6 Å². The van der Waals surface area contributed by atoms with Gasteiger partial charge in [-0.25, -0.2) is 39.9 Å². The zero-order valence-corrected chi connectivity index (χ0v) is 63.4. The van der Waals surface area contributed by atoms with Gasteiger partial charge < -0.3 is 28.6 Å². The zero-order chi connectivity index (χ0) is 74.0. The van der Waals surface area contributed by atoms with Crippen molar-refractivity contribution < 1.29 is 87.9 Å². The molecule has 2 unspecified atom stereocenters. The monoisotopic (exact) mass is 1510 g/mol. The number of hydrogen-bond donors (Lipinski definition) is 1. The van der Waals surface area contributed by atoms with Crippen LogP contribution in [-0.4, -0.2) is 74.4 Å². The predicted molar refractivity (Wildman–Crippen MR) is 398 cm³/mol. The quantitative estimate of drug-likeness (QED) is 0.0879. The fraction of sp³-hybridized carbons (Fsp3) is 0.395. The molecule has 9 aromatic heterocycles. The fourth-order valence-electron chi connectivity index (χ4n) is 16.9. The van der Waals surface area contributed by atoms with Crippen LogP contribution in [0.15, 0.2) is 141 Å². The van der Waals surface area contributed by atoms with E-state index in [1.165, 1.54) is 114 Å². The third-order valence-electron chi connectivity index (χ3n) is 22.8. The topological polar surface area (TPSA) is 266 Å². The van der Waals surface area contributed by atoms with Crippen LogP contribution >= 0.6 is 0 Å². The number of aliphatic hydroxyl groups excluding tert-OH is 1. The molecule has 6 aliphatic carbocycles. The third-order valence-corrected chi connectivity index (χ3v) is 22.8. The number of Topliss-reactive ketones (excluding diaryl/α,β-unsaturated/α-hetero) is 1. The standard InChI is InChI=1S/C28H28FN3O.C27H26FN3O2.C27H24FN3O2.C4H8O.Li.Mn.H2O.2O/c1-17-5-6-19-13-21(23-16-30-25(33-23)15-28(2)11-3-4-12-28)27(32-26(17)19)20-8-7-18-9-10-24(29)31-22(18)14-20;2*1-27(10-2-3-11-27)14-24-29-15-22(33-24)19-12-17-6-8-21(32)26(17)31-25(19)18-5-4-16-7-9-23(28)30-20(16)13-18;1-2-4-5-3-1;;;;;/h7-10,13-14,16-17H,3-6,11-12,15H2,1-2H3;4-5,7,9,12-13,15,21,32H,2-3,6,8,10-11,14H2,1H3;4-5,7,9,12-13,15H,2-3,6,8,10-11,14H2,1H3;1-4H2;;;1H2;;/q;;;;+1;;;;/p-1. The number of ketones is 1. The van der Waals surface area contributed by atoms with E-state index < -0.39 is 38.8 Å². The molecule has 12 aromatic rings. The molecular weight excluding hydrogens is 1420 g/mol. The molecular formula is C86H87F3LiMnN9O9. The number of rotatable bonds is 12. The van der Waals surface area contributed by atoms with Crippen molar-refractivity contribution in [1.82, 2.24) is 44.9 Å². The van der Waals surface area contributed by atoms with Gasteiger partial charge >= 0.3 is 41.4 Å². The Hall–Kier alpha value is -8.97. The van der Waals surface area contributed by atoms with Crippen molar-refractivity contribution in [3.8, 4) is 67.7 Å². The molecule has 0 radical (unpaired) electrons. The van der Waals surface area contributed by atoms with E-state index in [0.29, 0.717) is 76.0 Å². The van der Waals surface area contributed by atoms with Crippen molar-refractivity contribution in [2.24, 2.45) is 16.2 Å². The van der Waals surface area contributed by atoms with Gasteiger partial charge in [0, 0.05) is 94.1 Å². The number of aromatic nitrogens is 9. The first-order valence-corrected chi connectivity index (χ1v) is 38.7. The Morgan fingerprint density at radius 1 is 0.450 bits per heavy atom.